The summed E-state index contributed by atoms with van der Waals surface area (Å²) in [5.74, 6) is 12.9. The minimum Gasteiger partial charge on any atom is -0.382 e. The lowest BCUT2D eigenvalue weighted by molar-refractivity contribution is -0.138. The van der Waals surface area contributed by atoms with Gasteiger partial charge in [-0.1, -0.05) is 36.0 Å². The van der Waals surface area contributed by atoms with Crippen molar-refractivity contribution in [3.05, 3.63) is 284 Å². The van der Waals surface area contributed by atoms with Crippen molar-refractivity contribution < 1.29 is 55.1 Å². The molecule has 0 saturated heterocycles. The first-order chi connectivity index (χ1) is 63.6. The summed E-state index contributed by atoms with van der Waals surface area (Å²) in [4.78, 5) is 161. The second kappa shape index (κ2) is 38.8. The Morgan fingerprint density at radius 2 is 0.782 bits per heavy atom. The van der Waals surface area contributed by atoms with Crippen molar-refractivity contribution in [2.24, 2.45) is 0 Å². The molecule has 0 bridgehead atoms. The number of nitrogens with one attached hydrogen (secondary N) is 4. The zero-order chi connectivity index (χ0) is 94.9. The average Bonchev–Trinajstić information content (AvgIpc) is 1.60. The monoisotopic (exact) mass is 1800 g/mol. The highest BCUT2D eigenvalue weighted by Crippen LogP contribution is 2.34. The second-order valence-electron chi connectivity index (χ2n) is 29.9. The summed E-state index contributed by atoms with van der Waals surface area (Å²) in [6.07, 6.45) is 0.294. The molecule has 0 aliphatic heterocycles. The first-order valence-electron chi connectivity index (χ1n) is 40.0. The molecule has 1 aliphatic rings. The van der Waals surface area contributed by atoms with E-state index < -0.39 is 64.2 Å². The predicted molar refractivity (Wildman–Crippen MR) is 487 cm³/mol. The number of nitrogens with zero attached hydrogens (tertiary/aromatic N) is 19. The van der Waals surface area contributed by atoms with E-state index in [1.807, 2.05) is 39.0 Å². The van der Waals surface area contributed by atoms with E-state index >= 15 is 0 Å². The average molecular weight is 1800 g/mol. The van der Waals surface area contributed by atoms with Crippen molar-refractivity contribution in [3.63, 3.8) is 0 Å². The molecule has 15 aromatic rings. The summed E-state index contributed by atoms with van der Waals surface area (Å²) in [7, 11) is 8.81. The van der Waals surface area contributed by atoms with Crippen LogP contribution in [-0.4, -0.2) is 172 Å². The van der Waals surface area contributed by atoms with Crippen molar-refractivity contribution in [3.8, 4) is 69.6 Å². The molecule has 9 aromatic heterocycles. The number of imidazole rings is 3. The number of hydrogen-bond acceptors (Lipinski definition) is 23. The number of halogens is 6. The number of nitrogens with two attached hydrogens (primary N) is 3. The normalized spacial score (nSPS) is 11.6. The third kappa shape index (κ3) is 20.6. The van der Waals surface area contributed by atoms with Crippen LogP contribution >= 0.6 is 0 Å². The number of aromatic nitrogens is 15. The van der Waals surface area contributed by atoms with Crippen LogP contribution in [0, 0.1) is 42.4 Å². The van der Waals surface area contributed by atoms with Crippen LogP contribution in [0.1, 0.15) is 67.5 Å². The largest absolute Gasteiger partial charge is 0.416 e. The number of aryl methyl sites for hydroxylation is 1. The molecule has 16 rings (SSSR count). The molecule has 41 heteroatoms. The number of carbonyl (C=O) groups excluding carboxylic acids is 6. The van der Waals surface area contributed by atoms with Crippen molar-refractivity contribution >= 4 is 121 Å². The quantitative estimate of drug-likeness (QED) is 0.0310. The molecule has 0 spiro atoms. The number of rotatable bonds is 18. The number of alkyl halides is 6. The molecule has 670 valence electrons. The van der Waals surface area contributed by atoms with E-state index in [1.54, 1.807) is 130 Å². The predicted octanol–water partition coefficient (Wildman–Crippen LogP) is 10.3. The molecule has 1 fully saturated rings. The van der Waals surface area contributed by atoms with Gasteiger partial charge < -0.3 is 48.3 Å². The fourth-order valence-corrected chi connectivity index (χ4v) is 13.6. The number of nitrogen functional groups attached to an aromatic ring is 3. The summed E-state index contributed by atoms with van der Waals surface area (Å²) in [6.45, 7) is 4.38. The van der Waals surface area contributed by atoms with Crippen LogP contribution < -0.4 is 65.3 Å². The number of anilines is 9. The number of amides is 6. The molecule has 35 nitrogen and oxygen atoms in total. The molecule has 0 radical (unpaired) electrons. The zero-order valence-corrected chi connectivity index (χ0v) is 71.4. The molecule has 133 heavy (non-hydrogen) atoms. The summed E-state index contributed by atoms with van der Waals surface area (Å²) >= 11 is 0. The molecule has 0 unspecified atom stereocenters. The van der Waals surface area contributed by atoms with Gasteiger partial charge in [-0.25, -0.2) is 72.9 Å². The number of hydrogen-bond donors (Lipinski definition) is 7. The standard InChI is InChI=1S/C32H26F3N9O3.C31H26F3N9O3.C29H24N8O3/c1-42(22-11-12-22)15-3-6-26(45)40-21-4-2-5-24(17-21)44-29-27(28(36)38-18-39-29)43(31(44)47)23-9-7-19(8-10-23)30(46)41-25-16-20(13-14-37-25)32(33,34)35;1-40(2)15-5-8-25(44)41(3)22-6-4-7-23(17-22)43-28-26(27(35)37-18-38-28)42(30(43)46)21-11-9-19(10-12-21)29(45)39-24-16-20(13-14-36-24)31(32,33)34;1-4-6-24(38)35(3)21-7-5-8-22(16-21)37-27-25(26(30)32-17-33-27)36(29(37)40)20-11-9-19(10-12-20)28(39)34-23-15-18(2)13-14-31-23/h2,4-5,7-10,13-14,16-18,22H,11-12,15H2,1H3,(H,40,45)(H2,36,38,39)(H,37,41,46);4,6-7,9-14,16-18H,15H2,1-3H3,(H2,35,37,38)(H,36,39,45);5,7-17H,1-3H3,(H2,30,32,33)(H,31,34,39). The third-order valence-electron chi connectivity index (χ3n) is 20.4. The van der Waals surface area contributed by atoms with Gasteiger partial charge in [0, 0.05) is 72.5 Å². The molecule has 0 atom stereocenters. The van der Waals surface area contributed by atoms with E-state index in [9.17, 15) is 69.5 Å². The van der Waals surface area contributed by atoms with Crippen LogP contribution in [0.4, 0.5) is 78.3 Å². The summed E-state index contributed by atoms with van der Waals surface area (Å²) in [6, 6.07) is 45.3. The molecule has 6 amide bonds. The van der Waals surface area contributed by atoms with Gasteiger partial charge in [0.05, 0.1) is 58.3 Å². The van der Waals surface area contributed by atoms with E-state index in [0.717, 1.165) is 55.1 Å². The lowest BCUT2D eigenvalue weighted by atomic mass is 10.2. The molecular weight excluding hydrogens is 1730 g/mol. The highest BCUT2D eigenvalue weighted by atomic mass is 19.4. The number of benzene rings is 6. The van der Waals surface area contributed by atoms with E-state index in [-0.39, 0.29) is 80.0 Å². The van der Waals surface area contributed by atoms with Gasteiger partial charge in [-0.15, -0.1) is 0 Å². The van der Waals surface area contributed by atoms with Gasteiger partial charge in [-0.3, -0.25) is 52.3 Å². The Kier molecular flexibility index (Phi) is 26.7. The highest BCUT2D eigenvalue weighted by molar-refractivity contribution is 6.08. The van der Waals surface area contributed by atoms with Gasteiger partial charge in [0.2, 0.25) is 0 Å². The summed E-state index contributed by atoms with van der Waals surface area (Å²) in [5.41, 5.74) is 21.7. The van der Waals surface area contributed by atoms with Crippen molar-refractivity contribution in [1.82, 2.24) is 82.1 Å². The molecule has 1 saturated carbocycles. The topological polar surface area (TPSA) is 438 Å². The molecular formula is C92H76F6N26O9. The van der Waals surface area contributed by atoms with E-state index in [0.29, 0.717) is 87.2 Å². The van der Waals surface area contributed by atoms with Gasteiger partial charge in [0.25, 0.3) is 23.6 Å². The van der Waals surface area contributed by atoms with Gasteiger partial charge >= 0.3 is 41.2 Å². The first-order valence-corrected chi connectivity index (χ1v) is 40.0. The minimum absolute atomic E-state index is 0.0120. The van der Waals surface area contributed by atoms with Crippen LogP contribution in [0.5, 0.6) is 0 Å². The lowest BCUT2D eigenvalue weighted by Gasteiger charge is -2.15. The van der Waals surface area contributed by atoms with Crippen LogP contribution in [0.2, 0.25) is 0 Å². The van der Waals surface area contributed by atoms with E-state index in [4.69, 9.17) is 17.2 Å². The number of fused-ring (bicyclic) bond motifs is 3. The molecule has 9 heterocycles. The Hall–Kier alpha value is -17.8. The Labute approximate surface area is 750 Å². The minimum atomic E-state index is -4.60. The van der Waals surface area contributed by atoms with Crippen molar-refractivity contribution in [2.45, 2.75) is 45.1 Å². The maximum absolute atomic E-state index is 14.0. The maximum Gasteiger partial charge on any atom is 0.416 e. The fourth-order valence-electron chi connectivity index (χ4n) is 13.6. The zero-order valence-electron chi connectivity index (χ0n) is 71.4. The van der Waals surface area contributed by atoms with Crippen molar-refractivity contribution in [2.75, 3.05) is 96.6 Å². The highest BCUT2D eigenvalue weighted by Gasteiger charge is 2.34. The molecule has 10 N–H and O–H groups in total. The van der Waals surface area contributed by atoms with Crippen LogP contribution in [0.15, 0.2) is 234 Å². The number of carbonyl (C=O) groups is 6. The Bertz CT molecular complexity index is 7500. The summed E-state index contributed by atoms with van der Waals surface area (Å²) < 4.78 is 86.3. The summed E-state index contributed by atoms with van der Waals surface area (Å²) in [5, 5.41) is 10.2. The van der Waals surface area contributed by atoms with Gasteiger partial charge in [-0.2, -0.15) is 26.3 Å². The molecule has 1 aliphatic carbocycles. The maximum atomic E-state index is 14.0. The number of pyridine rings is 3. The van der Waals surface area contributed by atoms with Gasteiger partial charge in [0.1, 0.15) is 53.0 Å². The third-order valence-corrected chi connectivity index (χ3v) is 20.4. The molecule has 6 aromatic carbocycles. The second-order valence-corrected chi connectivity index (χ2v) is 29.9. The lowest BCUT2D eigenvalue weighted by Crippen LogP contribution is -2.26. The van der Waals surface area contributed by atoms with Crippen LogP contribution in [-0.2, 0) is 26.7 Å². The van der Waals surface area contributed by atoms with E-state index in [1.165, 1.54) is 105 Å². The Balaban J connectivity index is 0.000000161. The first kappa shape index (κ1) is 91.4. The van der Waals surface area contributed by atoms with Crippen LogP contribution in [0.3, 0.4) is 0 Å². The van der Waals surface area contributed by atoms with Gasteiger partial charge in [-0.05, 0) is 235 Å². The SMILES string of the molecule is CC#CC(=O)N(C)c1cccc(-n2c(=O)n(-c3ccc(C(=O)Nc4cc(C)ccn4)cc3)c3c(N)ncnc32)c1.CN(C)CC#CC(=O)N(C)c1cccc(-n2c(=O)n(-c3ccc(C(=O)Nc4cc(C(F)(F)F)ccn4)cc3)c3c(N)ncnc32)c1.CN(CC#CC(=O)Nc1cccc(-n2c(=O)n(-c3ccc(C(=O)Nc4cc(C(F)(F)F)ccn4)cc3)c3c(N)ncnc32)c1)C1CC1. The Morgan fingerprint density at radius 1 is 0.414 bits per heavy atom. The smallest absolute Gasteiger partial charge is 0.382 e. The van der Waals surface area contributed by atoms with Gasteiger partial charge in [0.15, 0.2) is 34.4 Å². The van der Waals surface area contributed by atoms with Crippen LogP contribution in [0.25, 0.3) is 67.6 Å². The Morgan fingerprint density at radius 3 is 1.16 bits per heavy atom. The fraction of sp³-hybridized carbons (Fsp3) is 0.152. The van der Waals surface area contributed by atoms with E-state index in [2.05, 4.69) is 107 Å². The van der Waals surface area contributed by atoms with Crippen molar-refractivity contribution in [1.29, 1.82) is 0 Å².